The number of hydrogen-bond acceptors (Lipinski definition) is 3. The highest BCUT2D eigenvalue weighted by molar-refractivity contribution is 6.30. The molecular weight excluding hydrogens is 383 g/mol. The maximum absolute atomic E-state index is 14.3. The third-order valence-corrected chi connectivity index (χ3v) is 4.88. The van der Waals surface area contributed by atoms with Crippen LogP contribution < -0.4 is 10.5 Å². The average Bonchev–Trinajstić information content (AvgIpc) is 3.03. The minimum Gasteiger partial charge on any atom is -0.490 e. The lowest BCUT2D eigenvalue weighted by molar-refractivity contribution is -0.119. The Morgan fingerprint density at radius 3 is 2.71 bits per heavy atom. The maximum atomic E-state index is 14.3. The molecule has 1 aliphatic carbocycles. The molecule has 2 aromatic rings. The zero-order valence-electron chi connectivity index (χ0n) is 15.7. The van der Waals surface area contributed by atoms with Crippen LogP contribution in [0.5, 0.6) is 5.75 Å². The first-order chi connectivity index (χ1) is 13.3. The van der Waals surface area contributed by atoms with Crippen molar-refractivity contribution in [2.45, 2.75) is 38.8 Å². The van der Waals surface area contributed by atoms with Crippen LogP contribution in [-0.2, 0) is 11.2 Å². The Bertz CT molecular complexity index is 917. The van der Waals surface area contributed by atoms with E-state index in [4.69, 9.17) is 22.1 Å². The van der Waals surface area contributed by atoms with Crippen LogP contribution in [0.15, 0.2) is 36.4 Å². The van der Waals surface area contributed by atoms with E-state index in [-0.39, 0.29) is 17.7 Å². The molecule has 3 rings (SSSR count). The molecule has 2 amide bonds. The summed E-state index contributed by atoms with van der Waals surface area (Å²) in [4.78, 5) is 26.4. The van der Waals surface area contributed by atoms with Crippen molar-refractivity contribution < 1.29 is 18.7 Å². The SMILES string of the molecule is CC(C)Oc1ccccc1C(=O)N(CC(N)=O)C1CCc2c(F)cc(Cl)cc21. The highest BCUT2D eigenvalue weighted by atomic mass is 35.5. The standard InChI is InChI=1S/C21H22ClFN2O3/c1-12(2)28-19-6-4-3-5-15(19)21(27)25(11-20(24)26)18-8-7-14-16(18)9-13(22)10-17(14)23/h3-6,9-10,12,18H,7-8,11H2,1-2H3,(H2,24,26). The number of nitrogens with zero attached hydrogens (tertiary/aromatic N) is 1. The molecular formula is C21H22ClFN2O3. The molecule has 1 atom stereocenters. The molecule has 0 aliphatic heterocycles. The number of ether oxygens (including phenoxy) is 1. The van der Waals surface area contributed by atoms with E-state index >= 15 is 0 Å². The highest BCUT2D eigenvalue weighted by Crippen LogP contribution is 2.39. The molecule has 148 valence electrons. The smallest absolute Gasteiger partial charge is 0.258 e. The normalized spacial score (nSPS) is 15.4. The summed E-state index contributed by atoms with van der Waals surface area (Å²) in [5.41, 5.74) is 6.87. The van der Waals surface area contributed by atoms with E-state index in [1.165, 1.54) is 11.0 Å². The molecule has 28 heavy (non-hydrogen) atoms. The summed E-state index contributed by atoms with van der Waals surface area (Å²) in [5, 5.41) is 0.248. The Hall–Kier alpha value is -2.60. The number of amides is 2. The lowest BCUT2D eigenvalue weighted by atomic mass is 10.0. The van der Waals surface area contributed by atoms with Crippen LogP contribution in [0.3, 0.4) is 0 Å². The summed E-state index contributed by atoms with van der Waals surface area (Å²) >= 11 is 6.03. The molecule has 7 heteroatoms. The van der Waals surface area contributed by atoms with Gasteiger partial charge in [-0.15, -0.1) is 0 Å². The van der Waals surface area contributed by atoms with Crippen LogP contribution in [0.2, 0.25) is 5.02 Å². The molecule has 0 heterocycles. The van der Waals surface area contributed by atoms with Crippen LogP contribution >= 0.6 is 11.6 Å². The number of nitrogens with two attached hydrogens (primary N) is 1. The lowest BCUT2D eigenvalue weighted by Crippen LogP contribution is -2.40. The number of halogens is 2. The molecule has 0 bridgehead atoms. The van der Waals surface area contributed by atoms with Gasteiger partial charge >= 0.3 is 0 Å². The third kappa shape index (κ3) is 4.12. The van der Waals surface area contributed by atoms with E-state index in [9.17, 15) is 14.0 Å². The van der Waals surface area contributed by atoms with Crippen molar-refractivity contribution in [3.8, 4) is 5.75 Å². The molecule has 0 saturated carbocycles. The van der Waals surface area contributed by atoms with E-state index in [1.807, 2.05) is 13.8 Å². The summed E-state index contributed by atoms with van der Waals surface area (Å²) in [6.07, 6.45) is 0.813. The van der Waals surface area contributed by atoms with E-state index in [0.29, 0.717) is 35.3 Å². The fraction of sp³-hybridized carbons (Fsp3) is 0.333. The fourth-order valence-electron chi connectivity index (χ4n) is 3.59. The molecule has 2 aromatic carbocycles. The van der Waals surface area contributed by atoms with Crippen molar-refractivity contribution in [1.82, 2.24) is 4.90 Å². The van der Waals surface area contributed by atoms with Gasteiger partial charge in [0, 0.05) is 5.02 Å². The van der Waals surface area contributed by atoms with Gasteiger partial charge in [0.15, 0.2) is 0 Å². The van der Waals surface area contributed by atoms with Crippen LogP contribution in [0.4, 0.5) is 4.39 Å². The number of rotatable bonds is 6. The summed E-state index contributed by atoms with van der Waals surface area (Å²) in [6.45, 7) is 3.44. The Labute approximate surface area is 168 Å². The first kappa shape index (κ1) is 20.1. The predicted molar refractivity (Wildman–Crippen MR) is 105 cm³/mol. The summed E-state index contributed by atoms with van der Waals surface area (Å²) < 4.78 is 20.0. The van der Waals surface area contributed by atoms with Gasteiger partial charge in [-0.2, -0.15) is 0 Å². The second-order valence-electron chi connectivity index (χ2n) is 7.07. The molecule has 5 nitrogen and oxygen atoms in total. The Morgan fingerprint density at radius 1 is 1.32 bits per heavy atom. The predicted octanol–water partition coefficient (Wildman–Crippen LogP) is 3.88. The number of benzene rings is 2. The van der Waals surface area contributed by atoms with Gasteiger partial charge in [0.25, 0.3) is 5.91 Å². The van der Waals surface area contributed by atoms with E-state index < -0.39 is 23.7 Å². The first-order valence-electron chi connectivity index (χ1n) is 9.10. The summed E-state index contributed by atoms with van der Waals surface area (Å²) in [5.74, 6) is -1.02. The second kappa shape index (κ2) is 8.19. The van der Waals surface area contributed by atoms with Gasteiger partial charge < -0.3 is 15.4 Å². The molecule has 2 N–H and O–H groups in total. The van der Waals surface area contributed by atoms with E-state index in [2.05, 4.69) is 0 Å². The molecule has 0 aromatic heterocycles. The highest BCUT2D eigenvalue weighted by Gasteiger charge is 2.35. The van der Waals surface area contributed by atoms with Crippen LogP contribution in [0, 0.1) is 5.82 Å². The Morgan fingerprint density at radius 2 is 2.04 bits per heavy atom. The third-order valence-electron chi connectivity index (χ3n) is 4.66. The van der Waals surface area contributed by atoms with Crippen molar-refractivity contribution >= 4 is 23.4 Å². The molecule has 1 aliphatic rings. The van der Waals surface area contributed by atoms with Gasteiger partial charge in [-0.05, 0) is 62.1 Å². The zero-order chi connectivity index (χ0) is 20.4. The van der Waals surface area contributed by atoms with Gasteiger partial charge in [-0.1, -0.05) is 23.7 Å². The van der Waals surface area contributed by atoms with E-state index in [0.717, 1.165) is 0 Å². The van der Waals surface area contributed by atoms with Gasteiger partial charge in [-0.25, -0.2) is 4.39 Å². The average molecular weight is 405 g/mol. The largest absolute Gasteiger partial charge is 0.490 e. The van der Waals surface area contributed by atoms with Crippen LogP contribution in [0.25, 0.3) is 0 Å². The lowest BCUT2D eigenvalue weighted by Gasteiger charge is -2.29. The fourth-order valence-corrected chi connectivity index (χ4v) is 3.80. The zero-order valence-corrected chi connectivity index (χ0v) is 16.5. The topological polar surface area (TPSA) is 72.6 Å². The summed E-state index contributed by atoms with van der Waals surface area (Å²) in [7, 11) is 0. The second-order valence-corrected chi connectivity index (χ2v) is 7.51. The minimum atomic E-state index is -0.647. The van der Waals surface area contributed by atoms with Crippen molar-refractivity contribution in [2.24, 2.45) is 5.73 Å². The number of carbonyl (C=O) groups excluding carboxylic acids is 2. The van der Waals surface area contributed by atoms with E-state index in [1.54, 1.807) is 30.3 Å². The maximum Gasteiger partial charge on any atom is 0.258 e. The summed E-state index contributed by atoms with van der Waals surface area (Å²) in [6, 6.07) is 9.26. The minimum absolute atomic E-state index is 0.126. The van der Waals surface area contributed by atoms with Crippen LogP contribution in [0.1, 0.15) is 47.8 Å². The number of carbonyl (C=O) groups is 2. The van der Waals surface area contributed by atoms with Crippen molar-refractivity contribution in [3.05, 3.63) is 63.9 Å². The molecule has 0 saturated heterocycles. The first-order valence-corrected chi connectivity index (χ1v) is 9.48. The van der Waals surface area contributed by atoms with Crippen molar-refractivity contribution in [1.29, 1.82) is 0 Å². The van der Waals surface area contributed by atoms with Crippen LogP contribution in [-0.4, -0.2) is 29.4 Å². The Balaban J connectivity index is 2.02. The number of primary amides is 1. The van der Waals surface area contributed by atoms with Gasteiger partial charge in [0.2, 0.25) is 5.91 Å². The van der Waals surface area contributed by atoms with Crippen molar-refractivity contribution in [2.75, 3.05) is 6.54 Å². The van der Waals surface area contributed by atoms with Crippen molar-refractivity contribution in [3.63, 3.8) is 0 Å². The monoisotopic (exact) mass is 404 g/mol. The molecule has 0 radical (unpaired) electrons. The van der Waals surface area contributed by atoms with Gasteiger partial charge in [0.05, 0.1) is 17.7 Å². The molecule has 0 spiro atoms. The van der Waals surface area contributed by atoms with Gasteiger partial charge in [0.1, 0.15) is 18.1 Å². The number of fused-ring (bicyclic) bond motifs is 1. The van der Waals surface area contributed by atoms with Gasteiger partial charge in [-0.3, -0.25) is 9.59 Å². The molecule has 0 fully saturated rings. The number of hydrogen-bond donors (Lipinski definition) is 1. The molecule has 1 unspecified atom stereocenters. The number of para-hydroxylation sites is 1. The Kier molecular flexibility index (Phi) is 5.89. The quantitative estimate of drug-likeness (QED) is 0.794.